The van der Waals surface area contributed by atoms with E-state index in [1.165, 1.54) is 0 Å². The minimum absolute atomic E-state index is 0.444. The molecule has 0 aliphatic heterocycles. The Morgan fingerprint density at radius 1 is 1.00 bits per heavy atom. The van der Waals surface area contributed by atoms with Crippen LogP contribution in [-0.2, 0) is 0 Å². The van der Waals surface area contributed by atoms with E-state index in [1.54, 1.807) is 12.3 Å². The van der Waals surface area contributed by atoms with Crippen molar-refractivity contribution in [2.45, 2.75) is 0 Å². The van der Waals surface area contributed by atoms with Gasteiger partial charge in [-0.1, -0.05) is 35.0 Å². The Hall–Kier alpha value is -2.85. The third-order valence-corrected chi connectivity index (χ3v) is 3.93. The third kappa shape index (κ3) is 2.43. The van der Waals surface area contributed by atoms with Crippen molar-refractivity contribution in [1.29, 1.82) is 0 Å². The van der Waals surface area contributed by atoms with Crippen LogP contribution in [-0.4, -0.2) is 10.2 Å². The summed E-state index contributed by atoms with van der Waals surface area (Å²) in [6.07, 6.45) is 1.75. The van der Waals surface area contributed by atoms with Gasteiger partial charge in [0.25, 0.3) is 0 Å². The monoisotopic (exact) mass is 322 g/mol. The molecule has 0 spiro atoms. The first-order valence-corrected chi connectivity index (χ1v) is 7.39. The summed E-state index contributed by atoms with van der Waals surface area (Å²) in [7, 11) is 0. The molecule has 4 nitrogen and oxygen atoms in total. The molecule has 0 radical (unpaired) electrons. The van der Waals surface area contributed by atoms with Gasteiger partial charge in [0.15, 0.2) is 5.76 Å². The third-order valence-electron chi connectivity index (χ3n) is 3.69. The van der Waals surface area contributed by atoms with Crippen LogP contribution in [0.5, 0.6) is 0 Å². The molecule has 0 amide bonds. The van der Waals surface area contributed by atoms with Gasteiger partial charge in [0.05, 0.1) is 0 Å². The Morgan fingerprint density at radius 2 is 1.87 bits per heavy atom. The molecule has 5 heteroatoms. The first-order valence-electron chi connectivity index (χ1n) is 7.01. The van der Waals surface area contributed by atoms with E-state index >= 15 is 0 Å². The standard InChI is InChI=1S/C18H11ClN2O2/c19-13-6-5-11-8-16(20-10-12(11)7-13)18-9-15(21-22)14-3-1-2-4-17(14)23-18/h1-10,22H/b21-15-. The highest BCUT2D eigenvalue weighted by Gasteiger charge is 2.08. The van der Waals surface area contributed by atoms with E-state index in [4.69, 9.17) is 16.0 Å². The van der Waals surface area contributed by atoms with Gasteiger partial charge >= 0.3 is 0 Å². The topological polar surface area (TPSA) is 58.6 Å². The fourth-order valence-electron chi connectivity index (χ4n) is 2.57. The zero-order valence-electron chi connectivity index (χ0n) is 11.9. The Labute approximate surface area is 136 Å². The number of aromatic nitrogens is 1. The molecule has 2 aromatic heterocycles. The maximum absolute atomic E-state index is 9.26. The van der Waals surface area contributed by atoms with E-state index in [1.807, 2.05) is 48.5 Å². The Bertz CT molecular complexity index is 1100. The molecule has 0 bridgehead atoms. The smallest absolute Gasteiger partial charge is 0.155 e. The number of nitrogens with zero attached hydrogens (tertiary/aromatic N) is 2. The van der Waals surface area contributed by atoms with Crippen LogP contribution in [0, 0.1) is 0 Å². The van der Waals surface area contributed by atoms with Crippen LogP contribution in [0.1, 0.15) is 0 Å². The molecule has 4 rings (SSSR count). The molecule has 0 unspecified atom stereocenters. The minimum atomic E-state index is 0.444. The normalized spacial score (nSPS) is 12.1. The second kappa shape index (κ2) is 5.41. The highest BCUT2D eigenvalue weighted by molar-refractivity contribution is 6.31. The highest BCUT2D eigenvalue weighted by Crippen LogP contribution is 2.25. The van der Waals surface area contributed by atoms with Gasteiger partial charge in [0, 0.05) is 28.1 Å². The zero-order chi connectivity index (χ0) is 15.8. The predicted molar refractivity (Wildman–Crippen MR) is 89.3 cm³/mol. The summed E-state index contributed by atoms with van der Waals surface area (Å²) in [4.78, 5) is 4.42. The average molecular weight is 323 g/mol. The molecule has 0 aliphatic rings. The van der Waals surface area contributed by atoms with Crippen molar-refractivity contribution in [3.63, 3.8) is 0 Å². The average Bonchev–Trinajstić information content (AvgIpc) is 2.60. The number of pyridine rings is 1. The molecular weight excluding hydrogens is 312 g/mol. The summed E-state index contributed by atoms with van der Waals surface area (Å²) >= 11 is 5.99. The van der Waals surface area contributed by atoms with Crippen LogP contribution >= 0.6 is 11.6 Å². The Kier molecular flexibility index (Phi) is 3.24. The summed E-state index contributed by atoms with van der Waals surface area (Å²) < 4.78 is 5.90. The van der Waals surface area contributed by atoms with Crippen LogP contribution < -0.4 is 5.36 Å². The van der Waals surface area contributed by atoms with Crippen molar-refractivity contribution < 1.29 is 9.62 Å². The lowest BCUT2D eigenvalue weighted by Gasteiger charge is -2.05. The molecule has 0 saturated heterocycles. The second-order valence-corrected chi connectivity index (χ2v) is 5.59. The van der Waals surface area contributed by atoms with E-state index in [0.717, 1.165) is 16.2 Å². The molecule has 2 aromatic carbocycles. The number of rotatable bonds is 1. The van der Waals surface area contributed by atoms with Crippen molar-refractivity contribution in [2.24, 2.45) is 5.16 Å². The molecule has 0 saturated carbocycles. The lowest BCUT2D eigenvalue weighted by molar-refractivity contribution is 0.302. The molecule has 0 atom stereocenters. The molecule has 112 valence electrons. The summed E-state index contributed by atoms with van der Waals surface area (Å²) in [5.41, 5.74) is 1.30. The SMILES string of the molecule is O/N=c1/cc(-c2cc3ccc(Cl)cc3cn2)oc2ccccc12. The minimum Gasteiger partial charge on any atom is -0.454 e. The number of benzene rings is 2. The first kappa shape index (κ1) is 13.8. The largest absolute Gasteiger partial charge is 0.454 e. The van der Waals surface area contributed by atoms with Crippen LogP contribution in [0.2, 0.25) is 5.02 Å². The van der Waals surface area contributed by atoms with Gasteiger partial charge in [0.2, 0.25) is 0 Å². The quantitative estimate of drug-likeness (QED) is 0.412. The fourth-order valence-corrected chi connectivity index (χ4v) is 2.75. The van der Waals surface area contributed by atoms with Crippen molar-refractivity contribution >= 4 is 33.3 Å². The van der Waals surface area contributed by atoms with Crippen LogP contribution in [0.3, 0.4) is 0 Å². The molecule has 0 aliphatic carbocycles. The van der Waals surface area contributed by atoms with Gasteiger partial charge in [0.1, 0.15) is 16.6 Å². The van der Waals surface area contributed by atoms with Gasteiger partial charge in [-0.05, 0) is 35.7 Å². The first-order chi connectivity index (χ1) is 11.2. The zero-order valence-corrected chi connectivity index (χ0v) is 12.7. The van der Waals surface area contributed by atoms with Gasteiger partial charge in [-0.2, -0.15) is 0 Å². The number of fused-ring (bicyclic) bond motifs is 2. The number of hydrogen-bond donors (Lipinski definition) is 1. The van der Waals surface area contributed by atoms with E-state index in [-0.39, 0.29) is 0 Å². The lowest BCUT2D eigenvalue weighted by Crippen LogP contribution is -2.03. The van der Waals surface area contributed by atoms with Crippen LogP contribution in [0.25, 0.3) is 33.2 Å². The van der Waals surface area contributed by atoms with Gasteiger partial charge in [-0.25, -0.2) is 0 Å². The summed E-state index contributed by atoms with van der Waals surface area (Å²) in [6, 6.07) is 16.6. The maximum atomic E-state index is 9.26. The second-order valence-electron chi connectivity index (χ2n) is 5.15. The molecule has 23 heavy (non-hydrogen) atoms. The number of para-hydroxylation sites is 1. The summed E-state index contributed by atoms with van der Waals surface area (Å²) in [6.45, 7) is 0. The van der Waals surface area contributed by atoms with Gasteiger partial charge < -0.3 is 9.62 Å². The Balaban J connectivity index is 1.97. The van der Waals surface area contributed by atoms with Gasteiger partial charge in [-0.3, -0.25) is 4.98 Å². The van der Waals surface area contributed by atoms with Crippen LogP contribution in [0.4, 0.5) is 0 Å². The summed E-state index contributed by atoms with van der Waals surface area (Å²) in [5, 5.41) is 16.4. The number of halogens is 1. The lowest BCUT2D eigenvalue weighted by atomic mass is 10.1. The summed E-state index contributed by atoms with van der Waals surface area (Å²) in [5.74, 6) is 0.536. The molecule has 4 aromatic rings. The van der Waals surface area contributed by atoms with E-state index in [2.05, 4.69) is 10.1 Å². The predicted octanol–water partition coefficient (Wildman–Crippen LogP) is 4.59. The molecule has 1 N–H and O–H groups in total. The van der Waals surface area contributed by atoms with Crippen molar-refractivity contribution in [3.05, 3.63) is 71.2 Å². The fraction of sp³-hybridized carbons (Fsp3) is 0. The maximum Gasteiger partial charge on any atom is 0.155 e. The number of hydrogen-bond acceptors (Lipinski definition) is 4. The van der Waals surface area contributed by atoms with Crippen molar-refractivity contribution in [2.75, 3.05) is 0 Å². The van der Waals surface area contributed by atoms with E-state index in [0.29, 0.717) is 27.4 Å². The van der Waals surface area contributed by atoms with E-state index < -0.39 is 0 Å². The van der Waals surface area contributed by atoms with Crippen LogP contribution in [0.15, 0.2) is 70.4 Å². The van der Waals surface area contributed by atoms with Gasteiger partial charge in [-0.15, -0.1) is 0 Å². The molecular formula is C18H11ClN2O2. The van der Waals surface area contributed by atoms with Crippen molar-refractivity contribution in [1.82, 2.24) is 4.98 Å². The Morgan fingerprint density at radius 3 is 2.74 bits per heavy atom. The van der Waals surface area contributed by atoms with E-state index in [9.17, 15) is 5.21 Å². The molecule has 2 heterocycles. The molecule has 0 fully saturated rings. The highest BCUT2D eigenvalue weighted by atomic mass is 35.5. The van der Waals surface area contributed by atoms with Crippen molar-refractivity contribution in [3.8, 4) is 11.5 Å².